The fraction of sp³-hybridized carbons (Fsp3) is 0.885. The molecular weight excluding hydrogens is 404 g/mol. The smallest absolute Gasteiger partial charge is 0.223 e. The number of Topliss-reactive ketones (excluding diaryl/α,β-unsaturated/α-hetero) is 2. The molecule has 0 aliphatic carbocycles. The van der Waals surface area contributed by atoms with E-state index in [1.165, 1.54) is 0 Å². The van der Waals surface area contributed by atoms with Crippen LogP contribution in [0.1, 0.15) is 80.6 Å². The maximum absolute atomic E-state index is 12.4. The number of ketones is 2. The summed E-state index contributed by atoms with van der Waals surface area (Å²) in [5.74, 6) is 0.904. The molecule has 0 bridgehead atoms. The number of carbonyl (C=O) groups is 3. The van der Waals surface area contributed by atoms with E-state index in [1.54, 1.807) is 19.1 Å². The van der Waals surface area contributed by atoms with Crippen molar-refractivity contribution in [2.45, 2.75) is 80.6 Å². The summed E-state index contributed by atoms with van der Waals surface area (Å²) in [7, 11) is 5.63. The largest absolute Gasteiger partial charge is 0.385 e. The number of likely N-dealkylation sites (tertiary alicyclic amines) is 2. The van der Waals surface area contributed by atoms with E-state index in [9.17, 15) is 14.4 Å². The van der Waals surface area contributed by atoms with Gasteiger partial charge in [-0.05, 0) is 45.8 Å². The summed E-state index contributed by atoms with van der Waals surface area (Å²) in [5, 5.41) is 0. The molecule has 2 fully saturated rings. The number of methoxy groups -OCH3 is 1. The molecule has 2 rings (SSSR count). The van der Waals surface area contributed by atoms with E-state index < -0.39 is 5.41 Å². The fourth-order valence-electron chi connectivity index (χ4n) is 4.58. The van der Waals surface area contributed by atoms with Crippen molar-refractivity contribution in [3.63, 3.8) is 0 Å². The summed E-state index contributed by atoms with van der Waals surface area (Å²) >= 11 is 0. The van der Waals surface area contributed by atoms with E-state index in [1.807, 2.05) is 48.5 Å². The highest BCUT2D eigenvalue weighted by Gasteiger charge is 2.41. The molecule has 0 spiro atoms. The lowest BCUT2D eigenvalue weighted by Gasteiger charge is -2.40. The molecule has 2 aliphatic rings. The van der Waals surface area contributed by atoms with E-state index in [-0.39, 0.29) is 28.9 Å². The van der Waals surface area contributed by atoms with E-state index in [0.29, 0.717) is 25.4 Å². The topological polar surface area (TPSA) is 66.9 Å². The molecule has 0 aromatic rings. The summed E-state index contributed by atoms with van der Waals surface area (Å²) in [5.41, 5.74) is -0.533. The van der Waals surface area contributed by atoms with Crippen molar-refractivity contribution in [1.82, 2.24) is 9.80 Å². The molecule has 6 heteroatoms. The molecular formula is C26H50N2O4. The molecule has 188 valence electrons. The summed E-state index contributed by atoms with van der Waals surface area (Å²) in [6.07, 6.45) is 4.04. The van der Waals surface area contributed by atoms with Gasteiger partial charge in [-0.2, -0.15) is 0 Å². The highest BCUT2D eigenvalue weighted by molar-refractivity contribution is 5.92. The zero-order valence-corrected chi connectivity index (χ0v) is 22.5. The molecule has 6 nitrogen and oxygen atoms in total. The predicted octanol–water partition coefficient (Wildman–Crippen LogP) is 4.46. The van der Waals surface area contributed by atoms with Crippen LogP contribution in [-0.2, 0) is 19.1 Å². The third-order valence-corrected chi connectivity index (χ3v) is 6.86. The summed E-state index contributed by atoms with van der Waals surface area (Å²) in [4.78, 5) is 39.8. The van der Waals surface area contributed by atoms with Crippen LogP contribution in [0.2, 0.25) is 0 Å². The van der Waals surface area contributed by atoms with Crippen LogP contribution in [0.5, 0.6) is 0 Å². The zero-order chi connectivity index (χ0) is 25.1. The van der Waals surface area contributed by atoms with Crippen LogP contribution in [0, 0.1) is 22.7 Å². The Morgan fingerprint density at radius 2 is 1.44 bits per heavy atom. The quantitative estimate of drug-likeness (QED) is 0.568. The lowest BCUT2D eigenvalue weighted by molar-refractivity contribution is -0.145. The Balaban J connectivity index is 0.000000561. The average molecular weight is 455 g/mol. The van der Waals surface area contributed by atoms with Crippen molar-refractivity contribution in [1.29, 1.82) is 0 Å². The molecule has 0 aromatic heterocycles. The van der Waals surface area contributed by atoms with Gasteiger partial charge in [0.15, 0.2) is 0 Å². The van der Waals surface area contributed by atoms with Crippen LogP contribution in [0.25, 0.3) is 0 Å². The van der Waals surface area contributed by atoms with Crippen LogP contribution in [0.3, 0.4) is 0 Å². The summed E-state index contributed by atoms with van der Waals surface area (Å²) < 4.78 is 5.16. The molecule has 0 radical (unpaired) electrons. The molecule has 0 N–H and O–H groups in total. The van der Waals surface area contributed by atoms with Gasteiger partial charge in [0.05, 0.1) is 0 Å². The second kappa shape index (κ2) is 14.1. The number of nitrogens with zero attached hydrogens (tertiary/aromatic N) is 2. The van der Waals surface area contributed by atoms with Crippen molar-refractivity contribution in [2.24, 2.45) is 22.7 Å². The first kappa shape index (κ1) is 30.7. The molecule has 0 saturated carbocycles. The van der Waals surface area contributed by atoms with E-state index in [2.05, 4.69) is 11.9 Å². The fourth-order valence-corrected chi connectivity index (χ4v) is 4.58. The minimum atomic E-state index is -0.419. The Bertz CT molecular complexity index is 589. The number of ether oxygens (including phenoxy) is 1. The van der Waals surface area contributed by atoms with Crippen molar-refractivity contribution >= 4 is 17.5 Å². The van der Waals surface area contributed by atoms with Crippen molar-refractivity contribution < 1.29 is 19.1 Å². The lowest BCUT2D eigenvalue weighted by Crippen LogP contribution is -2.45. The first-order chi connectivity index (χ1) is 14.9. The van der Waals surface area contributed by atoms with Gasteiger partial charge < -0.3 is 14.5 Å². The highest BCUT2D eigenvalue weighted by atomic mass is 16.5. The molecule has 2 aliphatic heterocycles. The second-order valence-electron chi connectivity index (χ2n) is 10.2. The van der Waals surface area contributed by atoms with Gasteiger partial charge in [-0.25, -0.2) is 0 Å². The van der Waals surface area contributed by atoms with Crippen molar-refractivity contribution in [2.75, 3.05) is 47.4 Å². The maximum Gasteiger partial charge on any atom is 0.223 e. The Morgan fingerprint density at radius 1 is 0.938 bits per heavy atom. The lowest BCUT2D eigenvalue weighted by atomic mass is 9.69. The van der Waals surface area contributed by atoms with Crippen LogP contribution in [0.4, 0.5) is 0 Å². The standard InChI is InChI=1S/C13H25NO2.C11H19NO2.C2H6/c1-11(2)12(15)13(7-10-16-4)5-8-14(3)9-6-13;1-8(2)10(14)11(3)5-6-12(4)9(13)7-11;1-2/h11H,5-10H2,1-4H3;8H,5-7H2,1-4H3;1-2H3. The molecule has 1 unspecified atom stereocenters. The minimum Gasteiger partial charge on any atom is -0.385 e. The van der Waals surface area contributed by atoms with Gasteiger partial charge in [-0.1, -0.05) is 48.5 Å². The number of hydrogen-bond acceptors (Lipinski definition) is 5. The molecule has 32 heavy (non-hydrogen) atoms. The predicted molar refractivity (Wildman–Crippen MR) is 132 cm³/mol. The average Bonchev–Trinajstić information content (AvgIpc) is 2.77. The number of piperidine rings is 2. The summed E-state index contributed by atoms with van der Waals surface area (Å²) in [6.45, 7) is 17.2. The van der Waals surface area contributed by atoms with Gasteiger partial charge in [-0.3, -0.25) is 14.4 Å². The Kier molecular flexibility index (Phi) is 13.5. The van der Waals surface area contributed by atoms with E-state index in [0.717, 1.165) is 38.8 Å². The third-order valence-electron chi connectivity index (χ3n) is 6.86. The third kappa shape index (κ3) is 8.58. The highest BCUT2D eigenvalue weighted by Crippen LogP contribution is 2.38. The number of amides is 1. The SMILES string of the molecule is CC.CC(C)C(=O)C1(C)CCN(C)C(=O)C1.COCCC1(C(=O)C(C)C)CCN(C)CC1. The minimum absolute atomic E-state index is 0.0243. The van der Waals surface area contributed by atoms with Gasteiger partial charge in [-0.15, -0.1) is 0 Å². The zero-order valence-electron chi connectivity index (χ0n) is 22.5. The number of rotatable bonds is 7. The Hall–Kier alpha value is -1.27. The molecule has 1 amide bonds. The second-order valence-corrected chi connectivity index (χ2v) is 10.2. The van der Waals surface area contributed by atoms with Gasteiger partial charge in [0.1, 0.15) is 11.6 Å². The van der Waals surface area contributed by atoms with Gasteiger partial charge >= 0.3 is 0 Å². The Morgan fingerprint density at radius 3 is 1.84 bits per heavy atom. The van der Waals surface area contributed by atoms with Crippen LogP contribution in [0.15, 0.2) is 0 Å². The van der Waals surface area contributed by atoms with Gasteiger partial charge in [0.2, 0.25) is 5.91 Å². The Labute approximate surface area is 197 Å². The number of carbonyl (C=O) groups excluding carboxylic acids is 3. The van der Waals surface area contributed by atoms with Gasteiger partial charge in [0.25, 0.3) is 0 Å². The maximum atomic E-state index is 12.4. The normalized spacial score (nSPS) is 23.2. The van der Waals surface area contributed by atoms with E-state index in [4.69, 9.17) is 4.74 Å². The van der Waals surface area contributed by atoms with Gasteiger partial charge in [0, 0.05) is 56.4 Å². The van der Waals surface area contributed by atoms with Crippen molar-refractivity contribution in [3.8, 4) is 0 Å². The first-order valence-electron chi connectivity index (χ1n) is 12.4. The van der Waals surface area contributed by atoms with Crippen LogP contribution < -0.4 is 0 Å². The number of hydrogen-bond donors (Lipinski definition) is 0. The molecule has 2 heterocycles. The molecule has 0 aromatic carbocycles. The monoisotopic (exact) mass is 454 g/mol. The summed E-state index contributed by atoms with van der Waals surface area (Å²) in [6, 6.07) is 0. The molecule has 2 saturated heterocycles. The molecule has 1 atom stereocenters. The van der Waals surface area contributed by atoms with E-state index >= 15 is 0 Å². The van der Waals surface area contributed by atoms with Crippen molar-refractivity contribution in [3.05, 3.63) is 0 Å². The van der Waals surface area contributed by atoms with Crippen LogP contribution in [-0.4, -0.2) is 74.7 Å². The van der Waals surface area contributed by atoms with Crippen LogP contribution >= 0.6 is 0 Å². The first-order valence-corrected chi connectivity index (χ1v) is 12.4.